The molecule has 0 aromatic heterocycles. The number of hydrogen-bond acceptors (Lipinski definition) is 2. The second-order valence-corrected chi connectivity index (χ2v) is 5.08. The van der Waals surface area contributed by atoms with Crippen molar-refractivity contribution in [2.24, 2.45) is 5.92 Å². The minimum atomic E-state index is -0.140. The van der Waals surface area contributed by atoms with E-state index in [1.165, 1.54) is 32.1 Å². The molecule has 90 valence electrons. The predicted molar refractivity (Wildman–Crippen MR) is 65.0 cm³/mol. The molecule has 15 heavy (non-hydrogen) atoms. The Bertz CT molecular complexity index is 164. The minimum Gasteiger partial charge on any atom is -0.392 e. The Hall–Kier alpha value is -0.0800. The average Bonchev–Trinajstić information content (AvgIpc) is 2.29. The maximum Gasteiger partial charge on any atom is 0.0664 e. The van der Waals surface area contributed by atoms with E-state index in [0.717, 1.165) is 18.9 Å². The molecule has 0 radical (unpaired) electrons. The molecular weight excluding hydrogens is 186 g/mol. The van der Waals surface area contributed by atoms with Gasteiger partial charge in [-0.05, 0) is 45.1 Å². The van der Waals surface area contributed by atoms with Gasteiger partial charge in [-0.25, -0.2) is 0 Å². The van der Waals surface area contributed by atoms with E-state index >= 15 is 0 Å². The lowest BCUT2D eigenvalue weighted by Gasteiger charge is -2.35. The van der Waals surface area contributed by atoms with Gasteiger partial charge in [0, 0.05) is 12.6 Å². The topological polar surface area (TPSA) is 23.5 Å². The SMILES string of the molecule is CCC(O)CN(C)C1CCC(CC)CC1. The summed E-state index contributed by atoms with van der Waals surface area (Å²) in [5.74, 6) is 0.964. The van der Waals surface area contributed by atoms with E-state index < -0.39 is 0 Å². The first-order valence-electron chi connectivity index (χ1n) is 6.55. The van der Waals surface area contributed by atoms with Gasteiger partial charge in [0.15, 0.2) is 0 Å². The standard InChI is InChI=1S/C13H27NO/c1-4-11-6-8-12(9-7-11)14(3)10-13(15)5-2/h11-13,15H,4-10H2,1-3H3. The zero-order chi connectivity index (χ0) is 11.3. The van der Waals surface area contributed by atoms with Crippen LogP contribution in [-0.4, -0.2) is 35.7 Å². The van der Waals surface area contributed by atoms with Crippen LogP contribution in [0.4, 0.5) is 0 Å². The summed E-state index contributed by atoms with van der Waals surface area (Å²) in [5.41, 5.74) is 0. The van der Waals surface area contributed by atoms with Crippen LogP contribution in [0.3, 0.4) is 0 Å². The maximum absolute atomic E-state index is 9.62. The lowest BCUT2D eigenvalue weighted by atomic mass is 9.84. The van der Waals surface area contributed by atoms with E-state index in [4.69, 9.17) is 0 Å². The van der Waals surface area contributed by atoms with Crippen LogP contribution < -0.4 is 0 Å². The summed E-state index contributed by atoms with van der Waals surface area (Å²) in [6, 6.07) is 0.717. The minimum absolute atomic E-state index is 0.140. The van der Waals surface area contributed by atoms with Crippen LogP contribution in [0.25, 0.3) is 0 Å². The summed E-state index contributed by atoms with van der Waals surface area (Å²) in [7, 11) is 2.16. The van der Waals surface area contributed by atoms with Gasteiger partial charge in [0.05, 0.1) is 6.10 Å². The first-order chi connectivity index (χ1) is 7.17. The summed E-state index contributed by atoms with van der Waals surface area (Å²) < 4.78 is 0. The molecule has 1 aliphatic rings. The average molecular weight is 213 g/mol. The zero-order valence-electron chi connectivity index (χ0n) is 10.6. The highest BCUT2D eigenvalue weighted by Crippen LogP contribution is 2.28. The quantitative estimate of drug-likeness (QED) is 0.759. The van der Waals surface area contributed by atoms with Crippen LogP contribution in [0, 0.1) is 5.92 Å². The summed E-state index contributed by atoms with van der Waals surface area (Å²) in [5, 5.41) is 9.62. The molecule has 1 rings (SSSR count). The molecule has 0 bridgehead atoms. The molecule has 1 fully saturated rings. The largest absolute Gasteiger partial charge is 0.392 e. The zero-order valence-corrected chi connectivity index (χ0v) is 10.6. The van der Waals surface area contributed by atoms with Gasteiger partial charge >= 0.3 is 0 Å². The number of aliphatic hydroxyl groups excluding tert-OH is 1. The molecule has 1 saturated carbocycles. The van der Waals surface area contributed by atoms with E-state index in [0.29, 0.717) is 6.04 Å². The van der Waals surface area contributed by atoms with E-state index in [1.807, 2.05) is 6.92 Å². The van der Waals surface area contributed by atoms with E-state index in [1.54, 1.807) is 0 Å². The van der Waals surface area contributed by atoms with Crippen molar-refractivity contribution in [2.45, 2.75) is 64.5 Å². The van der Waals surface area contributed by atoms with Crippen LogP contribution >= 0.6 is 0 Å². The van der Waals surface area contributed by atoms with Crippen molar-refractivity contribution in [2.75, 3.05) is 13.6 Å². The van der Waals surface area contributed by atoms with E-state index in [9.17, 15) is 5.11 Å². The van der Waals surface area contributed by atoms with Crippen molar-refractivity contribution in [3.05, 3.63) is 0 Å². The molecule has 0 spiro atoms. The third-order valence-corrected chi connectivity index (χ3v) is 3.99. The molecule has 0 aliphatic heterocycles. The predicted octanol–water partition coefficient (Wildman–Crippen LogP) is 2.66. The smallest absolute Gasteiger partial charge is 0.0664 e. The van der Waals surface area contributed by atoms with Gasteiger partial charge in [0.1, 0.15) is 0 Å². The lowest BCUT2D eigenvalue weighted by Crippen LogP contribution is -2.39. The highest BCUT2D eigenvalue weighted by molar-refractivity contribution is 4.78. The van der Waals surface area contributed by atoms with Crippen molar-refractivity contribution in [3.8, 4) is 0 Å². The van der Waals surface area contributed by atoms with Crippen molar-refractivity contribution in [1.82, 2.24) is 4.90 Å². The Kier molecular flexibility index (Phi) is 5.62. The Morgan fingerprint density at radius 3 is 2.27 bits per heavy atom. The summed E-state index contributed by atoms with van der Waals surface area (Å²) >= 11 is 0. The van der Waals surface area contributed by atoms with Gasteiger partial charge in [-0.15, -0.1) is 0 Å². The molecule has 1 unspecified atom stereocenters. The summed E-state index contributed by atoms with van der Waals surface area (Å²) in [6.07, 6.45) is 7.49. The Morgan fingerprint density at radius 2 is 1.80 bits per heavy atom. The van der Waals surface area contributed by atoms with Crippen LogP contribution in [0.15, 0.2) is 0 Å². The summed E-state index contributed by atoms with van der Waals surface area (Å²) in [6.45, 7) is 5.19. The Labute approximate surface area is 94.7 Å². The fourth-order valence-corrected chi connectivity index (χ4v) is 2.60. The van der Waals surface area contributed by atoms with Crippen molar-refractivity contribution in [1.29, 1.82) is 0 Å². The van der Waals surface area contributed by atoms with Gasteiger partial charge in [-0.3, -0.25) is 0 Å². The third kappa shape index (κ3) is 4.12. The van der Waals surface area contributed by atoms with Gasteiger partial charge in [0.25, 0.3) is 0 Å². The number of hydrogen-bond donors (Lipinski definition) is 1. The monoisotopic (exact) mass is 213 g/mol. The number of aliphatic hydroxyl groups is 1. The van der Waals surface area contributed by atoms with Gasteiger partial charge in [-0.1, -0.05) is 20.3 Å². The Morgan fingerprint density at radius 1 is 1.20 bits per heavy atom. The van der Waals surface area contributed by atoms with E-state index in [2.05, 4.69) is 18.9 Å². The molecule has 2 nitrogen and oxygen atoms in total. The van der Waals surface area contributed by atoms with Crippen LogP contribution in [0.5, 0.6) is 0 Å². The summed E-state index contributed by atoms with van der Waals surface area (Å²) in [4.78, 5) is 2.36. The first kappa shape index (κ1) is 13.0. The van der Waals surface area contributed by atoms with Crippen molar-refractivity contribution in [3.63, 3.8) is 0 Å². The molecule has 0 aromatic carbocycles. The maximum atomic E-state index is 9.62. The first-order valence-corrected chi connectivity index (χ1v) is 6.55. The van der Waals surface area contributed by atoms with Gasteiger partial charge in [-0.2, -0.15) is 0 Å². The molecule has 1 aliphatic carbocycles. The van der Waals surface area contributed by atoms with Gasteiger partial charge in [0.2, 0.25) is 0 Å². The molecule has 1 N–H and O–H groups in total. The van der Waals surface area contributed by atoms with Crippen LogP contribution in [0.2, 0.25) is 0 Å². The van der Waals surface area contributed by atoms with Gasteiger partial charge < -0.3 is 10.0 Å². The van der Waals surface area contributed by atoms with Crippen LogP contribution in [0.1, 0.15) is 52.4 Å². The molecule has 0 amide bonds. The molecule has 0 saturated heterocycles. The molecule has 0 heterocycles. The highest BCUT2D eigenvalue weighted by atomic mass is 16.3. The number of likely N-dealkylation sites (N-methyl/N-ethyl adjacent to an activating group) is 1. The van der Waals surface area contributed by atoms with E-state index in [-0.39, 0.29) is 6.10 Å². The van der Waals surface area contributed by atoms with Crippen molar-refractivity contribution < 1.29 is 5.11 Å². The molecule has 1 atom stereocenters. The van der Waals surface area contributed by atoms with Crippen molar-refractivity contribution >= 4 is 0 Å². The highest BCUT2D eigenvalue weighted by Gasteiger charge is 2.23. The third-order valence-electron chi connectivity index (χ3n) is 3.99. The number of nitrogens with zero attached hydrogens (tertiary/aromatic N) is 1. The fourth-order valence-electron chi connectivity index (χ4n) is 2.60. The van der Waals surface area contributed by atoms with Crippen LogP contribution in [-0.2, 0) is 0 Å². The lowest BCUT2D eigenvalue weighted by molar-refractivity contribution is 0.0819. The molecular formula is C13H27NO. The molecule has 2 heteroatoms. The second-order valence-electron chi connectivity index (χ2n) is 5.08. The fraction of sp³-hybridized carbons (Fsp3) is 1.00. The second kappa shape index (κ2) is 6.49. The Balaban J connectivity index is 2.26. The molecule has 0 aromatic rings. The normalized spacial score (nSPS) is 29.4. The number of rotatable bonds is 5.